The number of hydrogen-bond acceptors (Lipinski definition) is 5. The molecule has 2 fully saturated rings. The maximum absolute atomic E-state index is 6.62. The van der Waals surface area contributed by atoms with Crippen molar-refractivity contribution in [1.29, 1.82) is 0 Å². The van der Waals surface area contributed by atoms with Crippen LogP contribution in [0.4, 0.5) is 0 Å². The van der Waals surface area contributed by atoms with E-state index in [4.69, 9.17) is 23.4 Å². The fourth-order valence-corrected chi connectivity index (χ4v) is 5.18. The molecule has 2 aliphatic heterocycles. The molecule has 1 aromatic rings. The molecule has 1 aromatic carbocycles. The predicted octanol–water partition coefficient (Wildman–Crippen LogP) is 5.66. The minimum atomic E-state index is -1.90. The molecule has 2 heterocycles. The van der Waals surface area contributed by atoms with Gasteiger partial charge in [-0.1, -0.05) is 39.0 Å². The highest BCUT2D eigenvalue weighted by molar-refractivity contribution is 6.74. The minimum absolute atomic E-state index is 0.117. The molecule has 0 N–H and O–H groups in total. The Bertz CT molecular complexity index is 752. The van der Waals surface area contributed by atoms with E-state index >= 15 is 0 Å². The molecule has 0 amide bonds. The lowest BCUT2D eigenvalue weighted by Crippen LogP contribution is -2.44. The Labute approximate surface area is 189 Å². The summed E-state index contributed by atoms with van der Waals surface area (Å²) in [5, 5.41) is 0.144. The summed E-state index contributed by atoms with van der Waals surface area (Å²) in [5.41, 5.74) is 1.18. The highest BCUT2D eigenvalue weighted by Crippen LogP contribution is 2.45. The third-order valence-electron chi connectivity index (χ3n) is 6.96. The van der Waals surface area contributed by atoms with Crippen LogP contribution in [0, 0.1) is 0 Å². The van der Waals surface area contributed by atoms with Crippen LogP contribution in [0.15, 0.2) is 36.9 Å². The number of allylic oxidation sites excluding steroid dienone is 1. The van der Waals surface area contributed by atoms with E-state index in [2.05, 4.69) is 52.6 Å². The van der Waals surface area contributed by atoms with Crippen LogP contribution in [0.5, 0.6) is 5.75 Å². The van der Waals surface area contributed by atoms with E-state index in [-0.39, 0.29) is 35.4 Å². The van der Waals surface area contributed by atoms with Crippen LogP contribution in [-0.2, 0) is 18.6 Å². The third kappa shape index (κ3) is 5.25. The van der Waals surface area contributed by atoms with Crippen LogP contribution in [0.25, 0.3) is 0 Å². The number of methoxy groups -OCH3 is 1. The lowest BCUT2D eigenvalue weighted by atomic mass is 9.87. The molecule has 0 radical (unpaired) electrons. The van der Waals surface area contributed by atoms with E-state index in [1.807, 2.05) is 32.1 Å². The highest BCUT2D eigenvalue weighted by atomic mass is 28.4. The standard InChI is InChI=1S/C25H40O5Si/c1-10-11-19(17-12-14-18(26-7)15-13-17)21-23-22(29-25(5,6)30-23)20(28-21)16-27-31(8,9)24(2,3)4/h10,12-15,19-23H,1,11,16H2,2-9H3/t19-,20+,21+,22+,23-/m0/s1. The Hall–Kier alpha value is -1.18. The number of rotatable bonds is 8. The van der Waals surface area contributed by atoms with Crippen molar-refractivity contribution < 1.29 is 23.4 Å². The van der Waals surface area contributed by atoms with Gasteiger partial charge in [-0.15, -0.1) is 6.58 Å². The monoisotopic (exact) mass is 448 g/mol. The third-order valence-corrected chi connectivity index (χ3v) is 11.5. The van der Waals surface area contributed by atoms with E-state index < -0.39 is 14.1 Å². The van der Waals surface area contributed by atoms with Gasteiger partial charge in [-0.3, -0.25) is 0 Å². The molecule has 3 rings (SSSR count). The molecule has 2 saturated heterocycles. The fraction of sp³-hybridized carbons (Fsp3) is 0.680. The number of ether oxygens (including phenoxy) is 4. The minimum Gasteiger partial charge on any atom is -0.497 e. The zero-order valence-electron chi connectivity index (χ0n) is 20.4. The summed E-state index contributed by atoms with van der Waals surface area (Å²) >= 11 is 0. The van der Waals surface area contributed by atoms with Gasteiger partial charge in [0.2, 0.25) is 0 Å². The topological polar surface area (TPSA) is 46.2 Å². The second-order valence-corrected chi connectivity index (χ2v) is 15.5. The lowest BCUT2D eigenvalue weighted by Gasteiger charge is -2.37. The van der Waals surface area contributed by atoms with Gasteiger partial charge in [0.15, 0.2) is 14.1 Å². The summed E-state index contributed by atoms with van der Waals surface area (Å²) in [6, 6.07) is 8.19. The fourth-order valence-electron chi connectivity index (χ4n) is 4.17. The first-order valence-electron chi connectivity index (χ1n) is 11.3. The van der Waals surface area contributed by atoms with Crippen molar-refractivity contribution in [2.45, 2.75) is 95.3 Å². The molecule has 0 unspecified atom stereocenters. The smallest absolute Gasteiger partial charge is 0.192 e. The van der Waals surface area contributed by atoms with Gasteiger partial charge in [-0.25, -0.2) is 0 Å². The van der Waals surface area contributed by atoms with E-state index in [1.165, 1.54) is 5.56 Å². The van der Waals surface area contributed by atoms with Crippen molar-refractivity contribution in [2.24, 2.45) is 0 Å². The summed E-state index contributed by atoms with van der Waals surface area (Å²) in [7, 11) is -0.217. The SMILES string of the molecule is C=CC[C@@H](c1ccc(OC)cc1)[C@H]1O[C@H](CO[Si](C)(C)C(C)(C)C)[C@H]2OC(C)(C)O[C@H]21. The summed E-state index contributed by atoms with van der Waals surface area (Å²) in [6.07, 6.45) is 2.17. The van der Waals surface area contributed by atoms with Crippen LogP contribution >= 0.6 is 0 Å². The van der Waals surface area contributed by atoms with E-state index in [1.54, 1.807) is 7.11 Å². The zero-order valence-corrected chi connectivity index (χ0v) is 21.4. The van der Waals surface area contributed by atoms with E-state index in [9.17, 15) is 0 Å². The van der Waals surface area contributed by atoms with Gasteiger partial charge in [0.05, 0.1) is 19.8 Å². The molecule has 6 heteroatoms. The van der Waals surface area contributed by atoms with Crippen molar-refractivity contribution in [2.75, 3.05) is 13.7 Å². The molecule has 2 aliphatic rings. The Morgan fingerprint density at radius 2 is 1.74 bits per heavy atom. The second kappa shape index (κ2) is 8.98. The first kappa shape index (κ1) is 24.5. The molecule has 31 heavy (non-hydrogen) atoms. The Balaban J connectivity index is 1.84. The maximum atomic E-state index is 6.62. The molecule has 5 atom stereocenters. The molecule has 0 spiro atoms. The highest BCUT2D eigenvalue weighted by Gasteiger charge is 2.57. The summed E-state index contributed by atoms with van der Waals surface area (Å²) in [5.74, 6) is 0.324. The van der Waals surface area contributed by atoms with Gasteiger partial charge >= 0.3 is 0 Å². The van der Waals surface area contributed by atoms with Crippen molar-refractivity contribution in [3.63, 3.8) is 0 Å². The van der Waals surface area contributed by atoms with Crippen molar-refractivity contribution in [1.82, 2.24) is 0 Å². The van der Waals surface area contributed by atoms with Crippen LogP contribution in [0.1, 0.15) is 52.5 Å². The molecule has 0 aromatic heterocycles. The van der Waals surface area contributed by atoms with Gasteiger partial charge in [0, 0.05) is 5.92 Å². The molecule has 174 valence electrons. The van der Waals surface area contributed by atoms with Gasteiger partial charge in [-0.05, 0) is 56.1 Å². The van der Waals surface area contributed by atoms with E-state index in [0.29, 0.717) is 6.61 Å². The molecule has 0 bridgehead atoms. The molecule has 0 aliphatic carbocycles. The zero-order chi connectivity index (χ0) is 23.0. The second-order valence-electron chi connectivity index (χ2n) is 10.7. The number of fused-ring (bicyclic) bond motifs is 1. The van der Waals surface area contributed by atoms with Crippen LogP contribution in [0.3, 0.4) is 0 Å². The van der Waals surface area contributed by atoms with Crippen molar-refractivity contribution >= 4 is 8.32 Å². The van der Waals surface area contributed by atoms with Crippen LogP contribution < -0.4 is 4.74 Å². The van der Waals surface area contributed by atoms with Gasteiger partial charge < -0.3 is 23.4 Å². The first-order valence-corrected chi connectivity index (χ1v) is 14.2. The quantitative estimate of drug-likeness (QED) is 0.379. The Kier molecular flexibility index (Phi) is 7.09. The van der Waals surface area contributed by atoms with Gasteiger partial charge in [-0.2, -0.15) is 0 Å². The van der Waals surface area contributed by atoms with Crippen LogP contribution in [-0.4, -0.2) is 52.2 Å². The summed E-state index contributed by atoms with van der Waals surface area (Å²) in [4.78, 5) is 0. The predicted molar refractivity (Wildman–Crippen MR) is 126 cm³/mol. The van der Waals surface area contributed by atoms with Crippen molar-refractivity contribution in [3.05, 3.63) is 42.5 Å². The number of hydrogen-bond donors (Lipinski definition) is 0. The van der Waals surface area contributed by atoms with Crippen LogP contribution in [0.2, 0.25) is 18.1 Å². The lowest BCUT2D eigenvalue weighted by molar-refractivity contribution is -0.192. The van der Waals surface area contributed by atoms with E-state index in [0.717, 1.165) is 12.2 Å². The van der Waals surface area contributed by atoms with Gasteiger partial charge in [0.25, 0.3) is 0 Å². The normalized spacial score (nSPS) is 28.9. The molecular weight excluding hydrogens is 408 g/mol. The molecular formula is C25H40O5Si. The summed E-state index contributed by atoms with van der Waals surface area (Å²) < 4.78 is 31.1. The molecule has 5 nitrogen and oxygen atoms in total. The average Bonchev–Trinajstić information content (AvgIpc) is 3.17. The first-order chi connectivity index (χ1) is 14.4. The largest absolute Gasteiger partial charge is 0.497 e. The van der Waals surface area contributed by atoms with Crippen molar-refractivity contribution in [3.8, 4) is 5.75 Å². The Morgan fingerprint density at radius 1 is 1.13 bits per heavy atom. The number of benzene rings is 1. The average molecular weight is 449 g/mol. The van der Waals surface area contributed by atoms with Gasteiger partial charge in [0.1, 0.15) is 24.1 Å². The maximum Gasteiger partial charge on any atom is 0.192 e. The molecule has 0 saturated carbocycles. The summed E-state index contributed by atoms with van der Waals surface area (Å²) in [6.45, 7) is 19.8. The Morgan fingerprint density at radius 3 is 2.29 bits per heavy atom.